The minimum absolute atomic E-state index is 0.00872. The topological polar surface area (TPSA) is 68.3 Å². The van der Waals surface area contributed by atoms with Crippen molar-refractivity contribution in [3.8, 4) is 5.75 Å². The molecule has 1 aromatic rings. The number of piperidine rings is 1. The van der Waals surface area contributed by atoms with Crippen molar-refractivity contribution in [2.24, 2.45) is 0 Å². The molecule has 4 rings (SSSR count). The molecule has 2 amide bonds. The Labute approximate surface area is 159 Å². The fourth-order valence-corrected chi connectivity index (χ4v) is 4.02. The minimum atomic E-state index is -0.313. The fraction of sp³-hybridized carbons (Fsp3) is 0.600. The first-order chi connectivity index (χ1) is 13.2. The number of carbonyl (C=O) groups is 2. The van der Waals surface area contributed by atoms with Gasteiger partial charge in [0.05, 0.1) is 19.3 Å². The lowest BCUT2D eigenvalue weighted by Gasteiger charge is -2.37. The van der Waals surface area contributed by atoms with Crippen LogP contribution >= 0.6 is 0 Å². The highest BCUT2D eigenvalue weighted by Gasteiger charge is 2.36. The number of nitrogens with zero attached hydrogens (tertiary/aromatic N) is 2. The molecule has 7 nitrogen and oxygen atoms in total. The van der Waals surface area contributed by atoms with Gasteiger partial charge in [0.1, 0.15) is 5.75 Å². The Morgan fingerprint density at radius 1 is 1.07 bits per heavy atom. The molecule has 3 heterocycles. The molecule has 3 aliphatic rings. The van der Waals surface area contributed by atoms with Gasteiger partial charge in [0, 0.05) is 25.2 Å². The first-order valence-electron chi connectivity index (χ1n) is 9.78. The van der Waals surface area contributed by atoms with Crippen molar-refractivity contribution in [1.29, 1.82) is 0 Å². The van der Waals surface area contributed by atoms with Crippen LogP contribution in [0.3, 0.4) is 0 Å². The molecule has 1 aromatic carbocycles. The number of anilines is 1. The first kappa shape index (κ1) is 18.3. The predicted octanol–water partition coefficient (Wildman–Crippen LogP) is 1.95. The third kappa shape index (κ3) is 4.09. The fourth-order valence-electron chi connectivity index (χ4n) is 4.02. The number of carbonyl (C=O) groups excluding carboxylic acids is 2. The molecule has 0 bridgehead atoms. The number of rotatable bonds is 5. The van der Waals surface area contributed by atoms with Gasteiger partial charge in [0.25, 0.3) is 5.91 Å². The van der Waals surface area contributed by atoms with Crippen LogP contribution in [0.1, 0.15) is 32.1 Å². The average molecular weight is 374 g/mol. The molecule has 0 radical (unpaired) electrons. The largest absolute Gasteiger partial charge is 0.484 e. The Kier molecular flexibility index (Phi) is 5.59. The van der Waals surface area contributed by atoms with Crippen LogP contribution in [0.2, 0.25) is 0 Å². The molecule has 0 saturated carbocycles. The van der Waals surface area contributed by atoms with Gasteiger partial charge in [-0.2, -0.15) is 0 Å². The number of amides is 2. The summed E-state index contributed by atoms with van der Waals surface area (Å²) in [4.78, 5) is 28.1. The number of hydrogen-bond acceptors (Lipinski definition) is 5. The minimum Gasteiger partial charge on any atom is -0.484 e. The predicted molar refractivity (Wildman–Crippen MR) is 98.6 cm³/mol. The van der Waals surface area contributed by atoms with Gasteiger partial charge in [0.15, 0.2) is 12.9 Å². The Bertz CT molecular complexity index is 671. The number of benzene rings is 1. The van der Waals surface area contributed by atoms with E-state index in [9.17, 15) is 9.59 Å². The maximum atomic E-state index is 12.7. The summed E-state index contributed by atoms with van der Waals surface area (Å²) in [6.45, 7) is 2.65. The molecule has 7 heteroatoms. The van der Waals surface area contributed by atoms with Crippen LogP contribution in [-0.4, -0.2) is 62.0 Å². The van der Waals surface area contributed by atoms with Crippen LogP contribution in [0.15, 0.2) is 24.3 Å². The van der Waals surface area contributed by atoms with Crippen LogP contribution in [0, 0.1) is 0 Å². The van der Waals surface area contributed by atoms with Crippen molar-refractivity contribution in [2.75, 3.05) is 37.8 Å². The summed E-state index contributed by atoms with van der Waals surface area (Å²) in [5.41, 5.74) is 0.878. The van der Waals surface area contributed by atoms with E-state index in [2.05, 4.69) is 0 Å². The lowest BCUT2D eigenvalue weighted by atomic mass is 10.0. The highest BCUT2D eigenvalue weighted by Crippen LogP contribution is 2.26. The molecular weight excluding hydrogens is 348 g/mol. The van der Waals surface area contributed by atoms with Crippen LogP contribution in [0.4, 0.5) is 5.69 Å². The zero-order valence-electron chi connectivity index (χ0n) is 15.5. The van der Waals surface area contributed by atoms with Gasteiger partial charge >= 0.3 is 0 Å². The molecule has 27 heavy (non-hydrogen) atoms. The summed E-state index contributed by atoms with van der Waals surface area (Å²) in [6, 6.07) is 7.33. The molecule has 0 aliphatic carbocycles. The third-order valence-corrected chi connectivity index (χ3v) is 5.42. The van der Waals surface area contributed by atoms with E-state index in [0.717, 1.165) is 37.9 Å². The van der Waals surface area contributed by atoms with Gasteiger partial charge < -0.3 is 24.0 Å². The summed E-state index contributed by atoms with van der Waals surface area (Å²) in [7, 11) is 0. The summed E-state index contributed by atoms with van der Waals surface area (Å²) in [5, 5.41) is 0. The zero-order valence-corrected chi connectivity index (χ0v) is 15.5. The molecule has 0 spiro atoms. The Morgan fingerprint density at radius 2 is 1.85 bits per heavy atom. The van der Waals surface area contributed by atoms with Crippen molar-refractivity contribution in [1.82, 2.24) is 4.90 Å². The molecule has 3 saturated heterocycles. The average Bonchev–Trinajstić information content (AvgIpc) is 3.38. The molecular formula is C20H26N2O5. The van der Waals surface area contributed by atoms with Gasteiger partial charge in [-0.15, -0.1) is 0 Å². The van der Waals surface area contributed by atoms with Gasteiger partial charge in [-0.05, 0) is 49.9 Å². The van der Waals surface area contributed by atoms with Crippen molar-refractivity contribution >= 4 is 17.5 Å². The number of ether oxygens (including phenoxy) is 3. The first-order valence-corrected chi connectivity index (χ1v) is 9.78. The van der Waals surface area contributed by atoms with Crippen LogP contribution in [-0.2, 0) is 19.1 Å². The second-order valence-electron chi connectivity index (χ2n) is 7.19. The Morgan fingerprint density at radius 3 is 2.56 bits per heavy atom. The van der Waals surface area contributed by atoms with Crippen molar-refractivity contribution < 1.29 is 23.8 Å². The second-order valence-corrected chi connectivity index (χ2v) is 7.19. The Balaban J connectivity index is 1.33. The molecule has 0 N–H and O–H groups in total. The van der Waals surface area contributed by atoms with E-state index in [1.54, 1.807) is 4.90 Å². The van der Waals surface area contributed by atoms with E-state index in [1.165, 1.54) is 0 Å². The quantitative estimate of drug-likeness (QED) is 0.788. The molecule has 3 fully saturated rings. The maximum Gasteiger partial charge on any atom is 0.260 e. The number of likely N-dealkylation sites (tertiary alicyclic amines) is 1. The maximum absolute atomic E-state index is 12.7. The lowest BCUT2D eigenvalue weighted by molar-refractivity contribution is -0.152. The van der Waals surface area contributed by atoms with E-state index in [0.29, 0.717) is 31.9 Å². The standard InChI is InChI=1S/C20H26N2O5/c23-18-5-3-11-21(18)15-6-8-16(9-7-15)27-14-19(24)22-10-2-1-4-17(22)20-25-12-13-26-20/h6-9,17,20H,1-5,10-14H2. The van der Waals surface area contributed by atoms with Crippen molar-refractivity contribution in [3.63, 3.8) is 0 Å². The van der Waals surface area contributed by atoms with Crippen LogP contribution < -0.4 is 9.64 Å². The van der Waals surface area contributed by atoms with E-state index >= 15 is 0 Å². The van der Waals surface area contributed by atoms with Crippen LogP contribution in [0.25, 0.3) is 0 Å². The highest BCUT2D eigenvalue weighted by atomic mass is 16.7. The van der Waals surface area contributed by atoms with Gasteiger partial charge in [0.2, 0.25) is 5.91 Å². The summed E-state index contributed by atoms with van der Waals surface area (Å²) >= 11 is 0. The molecule has 1 atom stereocenters. The molecule has 0 aromatic heterocycles. The molecule has 146 valence electrons. The number of hydrogen-bond donors (Lipinski definition) is 0. The molecule has 3 aliphatic heterocycles. The summed E-state index contributed by atoms with van der Waals surface area (Å²) in [6.07, 6.45) is 4.17. The van der Waals surface area contributed by atoms with Crippen molar-refractivity contribution in [2.45, 2.75) is 44.4 Å². The molecule has 1 unspecified atom stereocenters. The SMILES string of the molecule is O=C1CCCN1c1ccc(OCC(=O)N2CCCCC2C2OCCO2)cc1. The van der Waals surface area contributed by atoms with E-state index in [-0.39, 0.29) is 30.8 Å². The van der Waals surface area contributed by atoms with Crippen molar-refractivity contribution in [3.05, 3.63) is 24.3 Å². The monoisotopic (exact) mass is 374 g/mol. The van der Waals surface area contributed by atoms with Crippen LogP contribution in [0.5, 0.6) is 5.75 Å². The second kappa shape index (κ2) is 8.27. The summed E-state index contributed by atoms with van der Waals surface area (Å²) < 4.78 is 16.9. The van der Waals surface area contributed by atoms with Gasteiger partial charge in [-0.3, -0.25) is 9.59 Å². The Hall–Kier alpha value is -2.12. The van der Waals surface area contributed by atoms with Gasteiger partial charge in [-0.1, -0.05) is 0 Å². The van der Waals surface area contributed by atoms with Gasteiger partial charge in [-0.25, -0.2) is 0 Å². The highest BCUT2D eigenvalue weighted by molar-refractivity contribution is 5.95. The van der Waals surface area contributed by atoms with E-state index in [4.69, 9.17) is 14.2 Å². The van der Waals surface area contributed by atoms with E-state index in [1.807, 2.05) is 29.2 Å². The lowest BCUT2D eigenvalue weighted by Crippen LogP contribution is -2.51. The zero-order chi connectivity index (χ0) is 18.6. The summed E-state index contributed by atoms with van der Waals surface area (Å²) in [5.74, 6) is 0.740. The van der Waals surface area contributed by atoms with E-state index < -0.39 is 0 Å². The third-order valence-electron chi connectivity index (χ3n) is 5.42. The smallest absolute Gasteiger partial charge is 0.260 e. The normalized spacial score (nSPS) is 23.9.